The molecule has 1 aliphatic heterocycles. The smallest absolute Gasteiger partial charge is 0.410 e. The fourth-order valence-corrected chi connectivity index (χ4v) is 3.26. The Morgan fingerprint density at radius 3 is 2.17 bits per heavy atom. The van der Waals surface area contributed by atoms with E-state index in [0.29, 0.717) is 25.8 Å². The zero-order valence-corrected chi connectivity index (χ0v) is 19.2. The Bertz CT molecular complexity index is 592. The molecule has 2 unspecified atom stereocenters. The third-order valence-electron chi connectivity index (χ3n) is 4.40. The molecule has 1 heterocycles. The van der Waals surface area contributed by atoms with Gasteiger partial charge in [-0.05, 0) is 66.7 Å². The quantitative estimate of drug-likeness (QED) is 0.619. The van der Waals surface area contributed by atoms with E-state index in [0.717, 1.165) is 0 Å². The van der Waals surface area contributed by atoms with Gasteiger partial charge in [-0.25, -0.2) is 4.79 Å². The summed E-state index contributed by atoms with van der Waals surface area (Å²) in [5, 5.41) is 16.2. The topological polar surface area (TPSA) is 108 Å². The van der Waals surface area contributed by atoms with Crippen molar-refractivity contribution >= 4 is 17.9 Å². The van der Waals surface area contributed by atoms with Crippen LogP contribution in [-0.4, -0.2) is 63.8 Å². The second-order valence-electron chi connectivity index (χ2n) is 10.3. The van der Waals surface area contributed by atoms with Gasteiger partial charge in [0.2, 0.25) is 5.91 Å². The van der Waals surface area contributed by atoms with Crippen LogP contribution in [0.2, 0.25) is 0 Å². The molecular formula is C21H39N3O5. The Morgan fingerprint density at radius 2 is 1.69 bits per heavy atom. The summed E-state index contributed by atoms with van der Waals surface area (Å²) in [7, 11) is 0. The molecule has 3 amide bonds. The summed E-state index contributed by atoms with van der Waals surface area (Å²) in [5.41, 5.74) is -1.10. The van der Waals surface area contributed by atoms with Crippen molar-refractivity contribution < 1.29 is 24.2 Å². The van der Waals surface area contributed by atoms with E-state index in [2.05, 4.69) is 10.6 Å². The third kappa shape index (κ3) is 8.60. The summed E-state index contributed by atoms with van der Waals surface area (Å²) >= 11 is 0. The van der Waals surface area contributed by atoms with Gasteiger partial charge < -0.3 is 25.4 Å². The SMILES string of the molecule is CC(C)C[C@@H](NC(=O)C(O)C1CCCN1C(=O)OC(C)(C)C)C(=O)NC(C)(C)C. The monoisotopic (exact) mass is 413 g/mol. The van der Waals surface area contributed by atoms with Crippen LogP contribution < -0.4 is 10.6 Å². The van der Waals surface area contributed by atoms with Crippen molar-refractivity contribution in [3.05, 3.63) is 0 Å². The first-order chi connectivity index (χ1) is 13.1. The van der Waals surface area contributed by atoms with Gasteiger partial charge in [-0.1, -0.05) is 13.8 Å². The summed E-state index contributed by atoms with van der Waals surface area (Å²) in [5.74, 6) is -0.768. The maximum atomic E-state index is 12.7. The normalized spacial score (nSPS) is 19.7. The van der Waals surface area contributed by atoms with Crippen molar-refractivity contribution in [1.29, 1.82) is 0 Å². The molecule has 29 heavy (non-hydrogen) atoms. The number of rotatable bonds is 6. The van der Waals surface area contributed by atoms with Gasteiger partial charge in [-0.2, -0.15) is 0 Å². The minimum Gasteiger partial charge on any atom is -0.444 e. The van der Waals surface area contributed by atoms with Crippen molar-refractivity contribution in [3.8, 4) is 0 Å². The van der Waals surface area contributed by atoms with Crippen LogP contribution in [-0.2, 0) is 14.3 Å². The zero-order chi connectivity index (χ0) is 22.6. The average Bonchev–Trinajstić information content (AvgIpc) is 2.99. The molecule has 3 atom stereocenters. The lowest BCUT2D eigenvalue weighted by Gasteiger charge is -2.31. The Morgan fingerprint density at radius 1 is 1.10 bits per heavy atom. The number of carbonyl (C=O) groups excluding carboxylic acids is 3. The molecular weight excluding hydrogens is 374 g/mol. The van der Waals surface area contributed by atoms with Gasteiger partial charge in [-0.3, -0.25) is 9.59 Å². The number of aliphatic hydroxyl groups excluding tert-OH is 1. The third-order valence-corrected chi connectivity index (χ3v) is 4.40. The molecule has 3 N–H and O–H groups in total. The van der Waals surface area contributed by atoms with Gasteiger partial charge in [0.1, 0.15) is 11.6 Å². The molecule has 0 spiro atoms. The van der Waals surface area contributed by atoms with Crippen molar-refractivity contribution in [1.82, 2.24) is 15.5 Å². The highest BCUT2D eigenvalue weighted by Crippen LogP contribution is 2.23. The van der Waals surface area contributed by atoms with Gasteiger partial charge in [-0.15, -0.1) is 0 Å². The Labute approximate surface area is 174 Å². The van der Waals surface area contributed by atoms with Crippen LogP contribution >= 0.6 is 0 Å². The van der Waals surface area contributed by atoms with Gasteiger partial charge in [0, 0.05) is 12.1 Å². The number of amides is 3. The predicted molar refractivity (Wildman–Crippen MR) is 111 cm³/mol. The summed E-state index contributed by atoms with van der Waals surface area (Å²) in [6, 6.07) is -1.43. The van der Waals surface area contributed by atoms with Crippen molar-refractivity contribution in [2.75, 3.05) is 6.54 Å². The van der Waals surface area contributed by atoms with Crippen LogP contribution in [0.1, 0.15) is 74.7 Å². The molecule has 168 valence electrons. The van der Waals surface area contributed by atoms with E-state index in [9.17, 15) is 19.5 Å². The maximum Gasteiger partial charge on any atom is 0.410 e. The van der Waals surface area contributed by atoms with Gasteiger partial charge in [0.05, 0.1) is 6.04 Å². The molecule has 0 aromatic carbocycles. The molecule has 1 fully saturated rings. The molecule has 1 aliphatic rings. The van der Waals surface area contributed by atoms with E-state index in [4.69, 9.17) is 4.74 Å². The number of aliphatic hydroxyl groups is 1. The fourth-order valence-electron chi connectivity index (χ4n) is 3.26. The number of carbonyl (C=O) groups is 3. The molecule has 0 saturated carbocycles. The van der Waals surface area contributed by atoms with E-state index in [1.807, 2.05) is 34.6 Å². The second kappa shape index (κ2) is 9.78. The van der Waals surface area contributed by atoms with E-state index >= 15 is 0 Å². The molecule has 8 nitrogen and oxygen atoms in total. The first-order valence-electron chi connectivity index (χ1n) is 10.4. The fraction of sp³-hybridized carbons (Fsp3) is 0.857. The van der Waals surface area contributed by atoms with Crippen LogP contribution in [0.4, 0.5) is 4.79 Å². The Hall–Kier alpha value is -1.83. The molecule has 0 radical (unpaired) electrons. The van der Waals surface area contributed by atoms with Crippen molar-refractivity contribution in [2.24, 2.45) is 5.92 Å². The summed E-state index contributed by atoms with van der Waals surface area (Å²) in [6.07, 6.45) is -0.357. The van der Waals surface area contributed by atoms with E-state index in [1.54, 1.807) is 20.8 Å². The molecule has 8 heteroatoms. The number of hydrogen-bond donors (Lipinski definition) is 3. The number of ether oxygens (including phenoxy) is 1. The lowest BCUT2D eigenvalue weighted by Crippen LogP contribution is -2.57. The summed E-state index contributed by atoms with van der Waals surface area (Å²) in [4.78, 5) is 39.2. The number of nitrogens with one attached hydrogen (secondary N) is 2. The van der Waals surface area contributed by atoms with Gasteiger partial charge in [0.15, 0.2) is 6.10 Å². The highest BCUT2D eigenvalue weighted by Gasteiger charge is 2.40. The molecule has 1 rings (SSSR count). The van der Waals surface area contributed by atoms with Crippen molar-refractivity contribution in [3.63, 3.8) is 0 Å². The van der Waals surface area contributed by atoms with Crippen LogP contribution in [0, 0.1) is 5.92 Å². The summed E-state index contributed by atoms with van der Waals surface area (Å²) < 4.78 is 5.39. The first-order valence-corrected chi connectivity index (χ1v) is 10.4. The van der Waals surface area contributed by atoms with Crippen LogP contribution in [0.3, 0.4) is 0 Å². The van der Waals surface area contributed by atoms with Crippen LogP contribution in [0.25, 0.3) is 0 Å². The molecule has 0 bridgehead atoms. The Balaban J connectivity index is 2.85. The summed E-state index contributed by atoms with van der Waals surface area (Å²) in [6.45, 7) is 15.2. The number of likely N-dealkylation sites (tertiary alicyclic amines) is 1. The maximum absolute atomic E-state index is 12.7. The molecule has 0 aromatic rings. The van der Waals surface area contributed by atoms with Gasteiger partial charge >= 0.3 is 6.09 Å². The lowest BCUT2D eigenvalue weighted by atomic mass is 10.00. The molecule has 0 aliphatic carbocycles. The minimum atomic E-state index is -1.43. The molecule has 1 saturated heterocycles. The second-order valence-corrected chi connectivity index (χ2v) is 10.3. The van der Waals surface area contributed by atoms with E-state index in [-0.39, 0.29) is 11.8 Å². The van der Waals surface area contributed by atoms with Crippen molar-refractivity contribution in [2.45, 2.75) is 104 Å². The number of hydrogen-bond acceptors (Lipinski definition) is 5. The lowest BCUT2D eigenvalue weighted by molar-refractivity contribution is -0.136. The average molecular weight is 414 g/mol. The Kier molecular flexibility index (Phi) is 8.50. The highest BCUT2D eigenvalue weighted by molar-refractivity contribution is 5.90. The zero-order valence-electron chi connectivity index (χ0n) is 19.2. The minimum absolute atomic E-state index is 0.174. The van der Waals surface area contributed by atoms with Gasteiger partial charge in [0.25, 0.3) is 5.91 Å². The van der Waals surface area contributed by atoms with Crippen LogP contribution in [0.5, 0.6) is 0 Å². The largest absolute Gasteiger partial charge is 0.444 e. The molecule has 0 aromatic heterocycles. The van der Waals surface area contributed by atoms with E-state index in [1.165, 1.54) is 4.90 Å². The standard InChI is InChI=1S/C21H39N3O5/c1-13(2)12-14(17(26)23-20(3,4)5)22-18(27)16(25)15-10-9-11-24(15)19(28)29-21(6,7)8/h13-16,25H,9-12H2,1-8H3,(H,22,27)(H,23,26)/t14-,15?,16?/m1/s1. The van der Waals surface area contributed by atoms with Crippen LogP contribution in [0.15, 0.2) is 0 Å². The predicted octanol–water partition coefficient (Wildman–Crippen LogP) is 2.19. The highest BCUT2D eigenvalue weighted by atomic mass is 16.6. The number of nitrogens with zero attached hydrogens (tertiary/aromatic N) is 1. The van der Waals surface area contributed by atoms with E-state index < -0.39 is 41.3 Å². The first kappa shape index (κ1) is 25.2.